The Morgan fingerprint density at radius 3 is 2.88 bits per heavy atom. The van der Waals surface area contributed by atoms with Crippen molar-refractivity contribution >= 4 is 22.7 Å². The minimum Gasteiger partial charge on any atom is -0.260 e. The summed E-state index contributed by atoms with van der Waals surface area (Å²) in [6.45, 7) is 4.08. The Bertz CT molecular complexity index is 428. The number of thioether (sulfide) groups is 1. The highest BCUT2D eigenvalue weighted by atomic mass is 32.2. The Labute approximate surface area is 98.8 Å². The van der Waals surface area contributed by atoms with Gasteiger partial charge >= 0.3 is 5.24 Å². The van der Waals surface area contributed by atoms with E-state index >= 15 is 0 Å². The lowest BCUT2D eigenvalue weighted by molar-refractivity contribution is 0.230. The maximum Gasteiger partial charge on any atom is 0.302 e. The van der Waals surface area contributed by atoms with Gasteiger partial charge in [-0.05, 0) is 5.56 Å². The van der Waals surface area contributed by atoms with Gasteiger partial charge < -0.3 is 0 Å². The predicted molar refractivity (Wildman–Crippen MR) is 67.7 cm³/mol. The molecule has 3 nitrogen and oxygen atoms in total. The van der Waals surface area contributed by atoms with Crippen molar-refractivity contribution in [1.82, 2.24) is 5.01 Å². The predicted octanol–water partition coefficient (Wildman–Crippen LogP) is 2.75. The van der Waals surface area contributed by atoms with Gasteiger partial charge in [-0.2, -0.15) is 5.10 Å². The zero-order valence-electron chi connectivity index (χ0n) is 8.80. The van der Waals surface area contributed by atoms with Gasteiger partial charge in [-0.25, -0.2) is 5.01 Å². The minimum atomic E-state index is -0.0143. The summed E-state index contributed by atoms with van der Waals surface area (Å²) in [4.78, 5) is 11.5. The second kappa shape index (κ2) is 4.99. The fraction of sp³-hybridized carbons (Fsp3) is 0.167. The van der Waals surface area contributed by atoms with Crippen LogP contribution < -0.4 is 0 Å². The van der Waals surface area contributed by atoms with Crippen LogP contribution in [-0.4, -0.2) is 28.3 Å². The highest BCUT2D eigenvalue weighted by molar-refractivity contribution is 8.14. The second-order valence-corrected chi connectivity index (χ2v) is 4.26. The Morgan fingerprint density at radius 2 is 2.19 bits per heavy atom. The van der Waals surface area contributed by atoms with Gasteiger partial charge in [-0.15, -0.1) is 6.58 Å². The van der Waals surface area contributed by atoms with Crippen LogP contribution in [0.1, 0.15) is 5.56 Å². The van der Waals surface area contributed by atoms with Gasteiger partial charge in [-0.1, -0.05) is 48.2 Å². The highest BCUT2D eigenvalue weighted by Crippen LogP contribution is 2.19. The lowest BCUT2D eigenvalue weighted by atomic mass is 10.1. The van der Waals surface area contributed by atoms with Crippen LogP contribution in [0, 0.1) is 0 Å². The van der Waals surface area contributed by atoms with Crippen LogP contribution in [0.2, 0.25) is 0 Å². The number of amides is 1. The van der Waals surface area contributed by atoms with Gasteiger partial charge in [-0.3, -0.25) is 4.79 Å². The van der Waals surface area contributed by atoms with Crippen molar-refractivity contribution in [3.63, 3.8) is 0 Å². The minimum absolute atomic E-state index is 0.0143. The molecule has 2 rings (SSSR count). The molecule has 82 valence electrons. The first-order chi connectivity index (χ1) is 7.81. The molecular formula is C12H12N2OS. The third-order valence-electron chi connectivity index (χ3n) is 2.19. The molecule has 16 heavy (non-hydrogen) atoms. The second-order valence-electron chi connectivity index (χ2n) is 3.34. The molecular weight excluding hydrogens is 220 g/mol. The van der Waals surface area contributed by atoms with Gasteiger partial charge in [0.2, 0.25) is 0 Å². The maximum atomic E-state index is 11.5. The number of hydrogen-bond acceptors (Lipinski definition) is 3. The first kappa shape index (κ1) is 11.0. The van der Waals surface area contributed by atoms with Gasteiger partial charge in [0, 0.05) is 5.75 Å². The standard InChI is InChI=1S/C12H12N2OS/c1-2-8-14-12(15)16-9-11(13-14)10-6-4-3-5-7-10/h2-7H,1,8-9H2. The summed E-state index contributed by atoms with van der Waals surface area (Å²) in [5.74, 6) is 0.635. The third-order valence-corrected chi connectivity index (χ3v) is 3.07. The van der Waals surface area contributed by atoms with Crippen LogP contribution in [0.25, 0.3) is 0 Å². The van der Waals surface area contributed by atoms with E-state index in [1.54, 1.807) is 6.08 Å². The maximum absolute atomic E-state index is 11.5. The van der Waals surface area contributed by atoms with Crippen LogP contribution in [0.3, 0.4) is 0 Å². The number of hydrogen-bond donors (Lipinski definition) is 0. The molecule has 0 saturated heterocycles. The number of hydrazone groups is 1. The molecule has 1 aliphatic heterocycles. The molecule has 0 fully saturated rings. The van der Waals surface area contributed by atoms with E-state index in [1.165, 1.54) is 16.8 Å². The summed E-state index contributed by atoms with van der Waals surface area (Å²) >= 11 is 1.28. The number of carbonyl (C=O) groups excluding carboxylic acids is 1. The van der Waals surface area contributed by atoms with Gasteiger partial charge in [0.05, 0.1) is 12.3 Å². The number of rotatable bonds is 3. The lowest BCUT2D eigenvalue weighted by Crippen LogP contribution is -2.29. The summed E-state index contributed by atoms with van der Waals surface area (Å²) in [7, 11) is 0. The van der Waals surface area contributed by atoms with Gasteiger partial charge in [0.25, 0.3) is 0 Å². The monoisotopic (exact) mass is 232 g/mol. The van der Waals surface area contributed by atoms with E-state index in [4.69, 9.17) is 0 Å². The van der Waals surface area contributed by atoms with Crippen molar-refractivity contribution < 1.29 is 4.79 Å². The Morgan fingerprint density at radius 1 is 1.44 bits per heavy atom. The molecule has 1 aliphatic rings. The summed E-state index contributed by atoms with van der Waals surface area (Å²) in [6, 6.07) is 9.91. The zero-order chi connectivity index (χ0) is 11.4. The van der Waals surface area contributed by atoms with Gasteiger partial charge in [0.1, 0.15) is 0 Å². The van der Waals surface area contributed by atoms with Crippen molar-refractivity contribution in [1.29, 1.82) is 0 Å². The topological polar surface area (TPSA) is 32.7 Å². The summed E-state index contributed by atoms with van der Waals surface area (Å²) in [5, 5.41) is 5.76. The molecule has 0 atom stereocenters. The largest absolute Gasteiger partial charge is 0.302 e. The molecule has 4 heteroatoms. The van der Waals surface area contributed by atoms with Crippen molar-refractivity contribution in [3.8, 4) is 0 Å². The van der Waals surface area contributed by atoms with Crippen LogP contribution in [-0.2, 0) is 0 Å². The Balaban J connectivity index is 2.25. The number of carbonyl (C=O) groups is 1. The number of nitrogens with zero attached hydrogens (tertiary/aromatic N) is 2. The van der Waals surface area contributed by atoms with E-state index in [0.29, 0.717) is 12.3 Å². The van der Waals surface area contributed by atoms with E-state index < -0.39 is 0 Å². The van der Waals surface area contributed by atoms with Crippen molar-refractivity contribution in [3.05, 3.63) is 48.6 Å². The van der Waals surface area contributed by atoms with Gasteiger partial charge in [0.15, 0.2) is 0 Å². The van der Waals surface area contributed by atoms with Crippen LogP contribution >= 0.6 is 11.8 Å². The molecule has 0 N–H and O–H groups in total. The highest BCUT2D eigenvalue weighted by Gasteiger charge is 2.20. The average Bonchev–Trinajstić information content (AvgIpc) is 2.33. The van der Waals surface area contributed by atoms with Crippen molar-refractivity contribution in [2.24, 2.45) is 5.10 Å². The summed E-state index contributed by atoms with van der Waals surface area (Å²) in [6.07, 6.45) is 1.68. The van der Waals surface area contributed by atoms with E-state index in [9.17, 15) is 4.79 Å². The van der Waals surface area contributed by atoms with E-state index in [1.807, 2.05) is 30.3 Å². The van der Waals surface area contributed by atoms with Crippen molar-refractivity contribution in [2.45, 2.75) is 0 Å². The Hall–Kier alpha value is -1.55. The van der Waals surface area contributed by atoms with Crippen LogP contribution in [0.5, 0.6) is 0 Å². The van der Waals surface area contributed by atoms with E-state index in [0.717, 1.165) is 11.3 Å². The SMILES string of the molecule is C=CCN1N=C(c2ccccc2)CSC1=O. The molecule has 0 spiro atoms. The Kier molecular flexibility index (Phi) is 3.41. The average molecular weight is 232 g/mol. The zero-order valence-corrected chi connectivity index (χ0v) is 9.61. The molecule has 0 radical (unpaired) electrons. The normalized spacial score (nSPS) is 15.9. The molecule has 0 aliphatic carbocycles. The van der Waals surface area contributed by atoms with Crippen molar-refractivity contribution in [2.75, 3.05) is 12.3 Å². The quantitative estimate of drug-likeness (QED) is 0.751. The summed E-state index contributed by atoms with van der Waals surface area (Å²) in [5.41, 5.74) is 2.00. The lowest BCUT2D eigenvalue weighted by Gasteiger charge is -2.21. The molecule has 1 aromatic carbocycles. The smallest absolute Gasteiger partial charge is 0.260 e. The molecule has 0 bridgehead atoms. The fourth-order valence-corrected chi connectivity index (χ4v) is 2.18. The molecule has 1 amide bonds. The summed E-state index contributed by atoms with van der Waals surface area (Å²) < 4.78 is 0. The molecule has 0 unspecified atom stereocenters. The molecule has 0 aromatic heterocycles. The number of benzene rings is 1. The van der Waals surface area contributed by atoms with Crippen LogP contribution in [0.4, 0.5) is 4.79 Å². The fourth-order valence-electron chi connectivity index (χ4n) is 1.43. The van der Waals surface area contributed by atoms with Crippen LogP contribution in [0.15, 0.2) is 48.1 Å². The first-order valence-corrected chi connectivity index (χ1v) is 5.98. The molecule has 1 aromatic rings. The first-order valence-electron chi connectivity index (χ1n) is 4.99. The molecule has 0 saturated carbocycles. The molecule has 1 heterocycles. The van der Waals surface area contributed by atoms with E-state index in [2.05, 4.69) is 11.7 Å². The third kappa shape index (κ3) is 2.33. The van der Waals surface area contributed by atoms with E-state index in [-0.39, 0.29) is 5.24 Å².